The molecule has 1 fully saturated rings. The predicted octanol–water partition coefficient (Wildman–Crippen LogP) is 1.81. The lowest BCUT2D eigenvalue weighted by molar-refractivity contribution is -0.138. The van der Waals surface area contributed by atoms with Gasteiger partial charge in [-0.15, -0.1) is 0 Å². The second-order valence-corrected chi connectivity index (χ2v) is 5.85. The number of piperidine rings is 1. The van der Waals surface area contributed by atoms with Crippen LogP contribution in [0.2, 0.25) is 0 Å². The highest BCUT2D eigenvalue weighted by Crippen LogP contribution is 2.18. The lowest BCUT2D eigenvalue weighted by atomic mass is 9.95. The SMILES string of the molecule is CCC(CC)CCNC(=O)C1CCN(C(=O)COC)CC1. The first-order valence-corrected chi connectivity index (χ1v) is 8.16. The van der Waals surface area contributed by atoms with E-state index in [1.807, 2.05) is 0 Å². The maximum absolute atomic E-state index is 12.1. The van der Waals surface area contributed by atoms with Crippen LogP contribution in [0.25, 0.3) is 0 Å². The Kier molecular flexibility index (Phi) is 8.35. The summed E-state index contributed by atoms with van der Waals surface area (Å²) in [6.07, 6.45) is 4.92. The van der Waals surface area contributed by atoms with E-state index in [2.05, 4.69) is 19.2 Å². The summed E-state index contributed by atoms with van der Waals surface area (Å²) in [4.78, 5) is 25.6. The Morgan fingerprint density at radius 1 is 1.24 bits per heavy atom. The van der Waals surface area contributed by atoms with Gasteiger partial charge in [0.25, 0.3) is 0 Å². The van der Waals surface area contributed by atoms with Crippen molar-refractivity contribution < 1.29 is 14.3 Å². The van der Waals surface area contributed by atoms with Crippen LogP contribution in [0, 0.1) is 11.8 Å². The largest absolute Gasteiger partial charge is 0.375 e. The van der Waals surface area contributed by atoms with Gasteiger partial charge in [-0.25, -0.2) is 0 Å². The third kappa shape index (κ3) is 6.04. The van der Waals surface area contributed by atoms with Gasteiger partial charge in [0.05, 0.1) is 0 Å². The van der Waals surface area contributed by atoms with Gasteiger partial charge in [-0.05, 0) is 25.2 Å². The van der Waals surface area contributed by atoms with Crippen molar-refractivity contribution in [3.63, 3.8) is 0 Å². The highest BCUT2D eigenvalue weighted by molar-refractivity contribution is 5.80. The van der Waals surface area contributed by atoms with Gasteiger partial charge in [0, 0.05) is 32.7 Å². The molecule has 0 aromatic rings. The summed E-state index contributed by atoms with van der Waals surface area (Å²) in [5, 5.41) is 3.05. The number of rotatable bonds is 8. The Labute approximate surface area is 128 Å². The highest BCUT2D eigenvalue weighted by atomic mass is 16.5. The molecule has 5 heteroatoms. The zero-order valence-corrected chi connectivity index (χ0v) is 13.7. The van der Waals surface area contributed by atoms with Crippen molar-refractivity contribution in [1.82, 2.24) is 10.2 Å². The van der Waals surface area contributed by atoms with Crippen molar-refractivity contribution in [3.8, 4) is 0 Å². The zero-order chi connectivity index (χ0) is 15.7. The molecule has 0 unspecified atom stereocenters. The first-order chi connectivity index (χ1) is 10.1. The minimum Gasteiger partial charge on any atom is -0.375 e. The summed E-state index contributed by atoms with van der Waals surface area (Å²) >= 11 is 0. The fourth-order valence-corrected chi connectivity index (χ4v) is 2.85. The van der Waals surface area contributed by atoms with E-state index in [0.29, 0.717) is 19.0 Å². The minimum absolute atomic E-state index is 0.0186. The molecule has 1 N–H and O–H groups in total. The molecule has 21 heavy (non-hydrogen) atoms. The number of carbonyl (C=O) groups is 2. The third-order valence-corrected chi connectivity index (χ3v) is 4.49. The zero-order valence-electron chi connectivity index (χ0n) is 13.7. The summed E-state index contributed by atoms with van der Waals surface area (Å²) in [6.45, 7) is 6.62. The fraction of sp³-hybridized carbons (Fsp3) is 0.875. The Hall–Kier alpha value is -1.10. The topological polar surface area (TPSA) is 58.6 Å². The van der Waals surface area contributed by atoms with E-state index in [1.54, 1.807) is 4.90 Å². The summed E-state index contributed by atoms with van der Waals surface area (Å²) in [6, 6.07) is 0. The van der Waals surface area contributed by atoms with Crippen molar-refractivity contribution in [2.75, 3.05) is 33.4 Å². The smallest absolute Gasteiger partial charge is 0.248 e. The van der Waals surface area contributed by atoms with E-state index in [0.717, 1.165) is 25.8 Å². The normalized spacial score (nSPS) is 16.3. The van der Waals surface area contributed by atoms with Crippen LogP contribution in [-0.4, -0.2) is 50.1 Å². The minimum atomic E-state index is 0.0186. The number of hydrogen-bond donors (Lipinski definition) is 1. The molecule has 0 aliphatic carbocycles. The van der Waals surface area contributed by atoms with E-state index in [-0.39, 0.29) is 24.3 Å². The van der Waals surface area contributed by atoms with Gasteiger partial charge in [0.1, 0.15) is 6.61 Å². The Morgan fingerprint density at radius 3 is 2.38 bits per heavy atom. The molecule has 0 radical (unpaired) electrons. The van der Waals surface area contributed by atoms with Gasteiger partial charge in [-0.3, -0.25) is 9.59 Å². The molecule has 0 bridgehead atoms. The number of likely N-dealkylation sites (tertiary alicyclic amines) is 1. The van der Waals surface area contributed by atoms with Crippen LogP contribution in [0.3, 0.4) is 0 Å². The first-order valence-electron chi connectivity index (χ1n) is 8.16. The van der Waals surface area contributed by atoms with Crippen LogP contribution in [0.15, 0.2) is 0 Å². The molecule has 2 amide bonds. The summed E-state index contributed by atoms with van der Waals surface area (Å²) in [5.74, 6) is 0.932. The van der Waals surface area contributed by atoms with E-state index in [4.69, 9.17) is 4.74 Å². The van der Waals surface area contributed by atoms with E-state index < -0.39 is 0 Å². The molecule has 122 valence electrons. The summed E-state index contributed by atoms with van der Waals surface area (Å²) in [5.41, 5.74) is 0. The van der Waals surface area contributed by atoms with Crippen molar-refractivity contribution in [1.29, 1.82) is 0 Å². The van der Waals surface area contributed by atoms with Gasteiger partial charge in [0.2, 0.25) is 11.8 Å². The second-order valence-electron chi connectivity index (χ2n) is 5.85. The molecule has 1 aliphatic heterocycles. The van der Waals surface area contributed by atoms with Gasteiger partial charge in [-0.2, -0.15) is 0 Å². The number of nitrogens with one attached hydrogen (secondary N) is 1. The number of amides is 2. The van der Waals surface area contributed by atoms with Crippen LogP contribution >= 0.6 is 0 Å². The molecule has 0 aromatic carbocycles. The highest BCUT2D eigenvalue weighted by Gasteiger charge is 2.26. The van der Waals surface area contributed by atoms with Crippen molar-refractivity contribution >= 4 is 11.8 Å². The molecule has 1 saturated heterocycles. The summed E-state index contributed by atoms with van der Waals surface area (Å²) < 4.78 is 4.86. The average Bonchev–Trinajstić information content (AvgIpc) is 2.52. The van der Waals surface area contributed by atoms with Crippen molar-refractivity contribution in [2.45, 2.75) is 46.0 Å². The molecule has 0 atom stereocenters. The first kappa shape index (κ1) is 18.0. The molecule has 0 saturated carbocycles. The molecule has 1 heterocycles. The lowest BCUT2D eigenvalue weighted by Gasteiger charge is -2.31. The molecule has 0 aromatic heterocycles. The summed E-state index contributed by atoms with van der Waals surface area (Å²) in [7, 11) is 1.53. The number of nitrogens with zero attached hydrogens (tertiary/aromatic N) is 1. The van der Waals surface area contributed by atoms with Crippen molar-refractivity contribution in [3.05, 3.63) is 0 Å². The lowest BCUT2D eigenvalue weighted by Crippen LogP contribution is -2.44. The van der Waals surface area contributed by atoms with Crippen LogP contribution in [-0.2, 0) is 14.3 Å². The molecular formula is C16H30N2O3. The van der Waals surface area contributed by atoms with Crippen LogP contribution in [0.4, 0.5) is 0 Å². The number of ether oxygens (including phenoxy) is 1. The van der Waals surface area contributed by atoms with E-state index in [9.17, 15) is 9.59 Å². The maximum atomic E-state index is 12.1. The van der Waals surface area contributed by atoms with Gasteiger partial charge in [0.15, 0.2) is 0 Å². The molecular weight excluding hydrogens is 268 g/mol. The van der Waals surface area contributed by atoms with Gasteiger partial charge >= 0.3 is 0 Å². The average molecular weight is 298 g/mol. The fourth-order valence-electron chi connectivity index (χ4n) is 2.85. The van der Waals surface area contributed by atoms with Crippen LogP contribution in [0.5, 0.6) is 0 Å². The monoisotopic (exact) mass is 298 g/mol. The standard InChI is InChI=1S/C16H30N2O3/c1-4-13(5-2)6-9-17-16(20)14-7-10-18(11-8-14)15(19)12-21-3/h13-14H,4-12H2,1-3H3,(H,17,20). The van der Waals surface area contributed by atoms with Gasteiger partial charge < -0.3 is 15.0 Å². The molecule has 1 rings (SSSR count). The number of hydrogen-bond acceptors (Lipinski definition) is 3. The second kappa shape index (κ2) is 9.77. The molecule has 0 spiro atoms. The van der Waals surface area contributed by atoms with Crippen LogP contribution in [0.1, 0.15) is 46.0 Å². The Morgan fingerprint density at radius 2 is 1.86 bits per heavy atom. The predicted molar refractivity (Wildman–Crippen MR) is 82.9 cm³/mol. The molecule has 5 nitrogen and oxygen atoms in total. The Balaban J connectivity index is 2.24. The molecule has 1 aliphatic rings. The maximum Gasteiger partial charge on any atom is 0.248 e. The quantitative estimate of drug-likeness (QED) is 0.743. The Bertz CT molecular complexity index is 321. The van der Waals surface area contributed by atoms with E-state index in [1.165, 1.54) is 20.0 Å². The van der Waals surface area contributed by atoms with E-state index >= 15 is 0 Å². The number of methoxy groups -OCH3 is 1. The van der Waals surface area contributed by atoms with Gasteiger partial charge in [-0.1, -0.05) is 26.7 Å². The number of carbonyl (C=O) groups excluding carboxylic acids is 2. The third-order valence-electron chi connectivity index (χ3n) is 4.49. The van der Waals surface area contributed by atoms with Crippen molar-refractivity contribution in [2.24, 2.45) is 11.8 Å². The van der Waals surface area contributed by atoms with Crippen LogP contribution < -0.4 is 5.32 Å².